The number of fused-ring (bicyclic) bond motifs is 1. The van der Waals surface area contributed by atoms with Gasteiger partial charge in [-0.25, -0.2) is 4.68 Å². The lowest BCUT2D eigenvalue weighted by Crippen LogP contribution is -2.30. The van der Waals surface area contributed by atoms with Crippen molar-refractivity contribution in [2.45, 2.75) is 18.8 Å². The van der Waals surface area contributed by atoms with Crippen LogP contribution < -0.4 is 5.73 Å². The van der Waals surface area contributed by atoms with Gasteiger partial charge in [-0.05, 0) is 56.1 Å². The molecule has 1 atom stereocenters. The van der Waals surface area contributed by atoms with Gasteiger partial charge >= 0.3 is 0 Å². The summed E-state index contributed by atoms with van der Waals surface area (Å²) in [5, 5.41) is 5.48. The Morgan fingerprint density at radius 1 is 1.20 bits per heavy atom. The first-order valence-corrected chi connectivity index (χ1v) is 8.69. The smallest absolute Gasteiger partial charge is 0.250 e. The summed E-state index contributed by atoms with van der Waals surface area (Å²) in [5.74, 6) is 0.151. The van der Waals surface area contributed by atoms with Gasteiger partial charge in [0.1, 0.15) is 5.52 Å². The molecule has 0 aliphatic carbocycles. The molecule has 0 unspecified atom stereocenters. The van der Waals surface area contributed by atoms with Gasteiger partial charge in [-0.1, -0.05) is 24.3 Å². The quantitative estimate of drug-likeness (QED) is 0.801. The van der Waals surface area contributed by atoms with E-state index in [0.29, 0.717) is 17.0 Å². The number of nitrogens with zero attached hydrogens (tertiary/aromatic N) is 3. The predicted octanol–water partition coefficient (Wildman–Crippen LogP) is 2.93. The third-order valence-electron chi connectivity index (χ3n) is 5.06. The van der Waals surface area contributed by atoms with E-state index in [0.717, 1.165) is 17.6 Å². The number of primary amides is 1. The van der Waals surface area contributed by atoms with Crippen molar-refractivity contribution in [2.24, 2.45) is 5.73 Å². The molecule has 2 heterocycles. The number of rotatable bonds is 3. The Bertz CT molecular complexity index is 913. The normalized spacial score (nSPS) is 18.5. The van der Waals surface area contributed by atoms with Crippen LogP contribution in [0.5, 0.6) is 0 Å². The molecule has 1 fully saturated rings. The molecule has 0 saturated carbocycles. The summed E-state index contributed by atoms with van der Waals surface area (Å²) in [7, 11) is 2.19. The molecule has 1 saturated heterocycles. The highest BCUT2D eigenvalue weighted by Crippen LogP contribution is 2.27. The second kappa shape index (κ2) is 6.33. The summed E-state index contributed by atoms with van der Waals surface area (Å²) in [5.41, 5.74) is 8.92. The van der Waals surface area contributed by atoms with Crippen molar-refractivity contribution >= 4 is 16.8 Å². The van der Waals surface area contributed by atoms with Crippen molar-refractivity contribution < 1.29 is 4.79 Å². The van der Waals surface area contributed by atoms with Gasteiger partial charge in [0.05, 0.1) is 11.3 Å². The van der Waals surface area contributed by atoms with Crippen LogP contribution >= 0.6 is 0 Å². The van der Waals surface area contributed by atoms with Crippen molar-refractivity contribution in [2.75, 3.05) is 20.1 Å². The zero-order valence-corrected chi connectivity index (χ0v) is 14.4. The second-order valence-electron chi connectivity index (χ2n) is 6.87. The van der Waals surface area contributed by atoms with Gasteiger partial charge in [-0.15, -0.1) is 0 Å². The molecule has 2 N–H and O–H groups in total. The second-order valence-corrected chi connectivity index (χ2v) is 6.87. The summed E-state index contributed by atoms with van der Waals surface area (Å²) in [4.78, 5) is 14.0. The molecule has 1 aliphatic heterocycles. The fourth-order valence-corrected chi connectivity index (χ4v) is 3.71. The zero-order valence-electron chi connectivity index (χ0n) is 14.4. The molecule has 3 aromatic rings. The number of carbonyl (C=O) groups is 1. The largest absolute Gasteiger partial charge is 0.366 e. The molecule has 0 bridgehead atoms. The summed E-state index contributed by atoms with van der Waals surface area (Å²) >= 11 is 0. The van der Waals surface area contributed by atoms with Crippen LogP contribution in [0.4, 0.5) is 0 Å². The Morgan fingerprint density at radius 2 is 2.00 bits per heavy atom. The maximum Gasteiger partial charge on any atom is 0.250 e. The molecule has 1 aromatic heterocycles. The fourth-order valence-electron chi connectivity index (χ4n) is 3.71. The standard InChI is InChI=1S/C20H22N4O/c1-23-11-3-5-15(12-23)14-7-9-17(10-8-14)24-13-16-4-2-6-18(20(21)25)19(16)22-24/h2,4,6-10,13,15H,3,5,11-12H2,1H3,(H2,21,25)/t15-/m0/s1. The first-order valence-electron chi connectivity index (χ1n) is 8.69. The van der Waals surface area contributed by atoms with E-state index in [-0.39, 0.29) is 0 Å². The topological polar surface area (TPSA) is 64.2 Å². The monoisotopic (exact) mass is 334 g/mol. The van der Waals surface area contributed by atoms with Crippen LogP contribution in [-0.2, 0) is 0 Å². The van der Waals surface area contributed by atoms with Gasteiger partial charge in [0.2, 0.25) is 0 Å². The highest BCUT2D eigenvalue weighted by atomic mass is 16.1. The minimum absolute atomic E-state index is 0.451. The summed E-state index contributed by atoms with van der Waals surface area (Å²) in [6.45, 7) is 2.31. The minimum Gasteiger partial charge on any atom is -0.366 e. The third-order valence-corrected chi connectivity index (χ3v) is 5.06. The summed E-state index contributed by atoms with van der Waals surface area (Å²) < 4.78 is 1.81. The lowest BCUT2D eigenvalue weighted by atomic mass is 9.91. The molecule has 2 aromatic carbocycles. The average molecular weight is 334 g/mol. The van der Waals surface area contributed by atoms with Crippen LogP contribution in [0.3, 0.4) is 0 Å². The Kier molecular flexibility index (Phi) is 4.01. The maximum absolute atomic E-state index is 11.6. The SMILES string of the molecule is CN1CCC[C@H](c2ccc(-n3cc4cccc(C(N)=O)c4n3)cc2)C1. The molecule has 25 heavy (non-hydrogen) atoms. The van der Waals surface area contributed by atoms with Gasteiger partial charge in [0.15, 0.2) is 0 Å². The first kappa shape index (κ1) is 15.8. The van der Waals surface area contributed by atoms with Gasteiger partial charge in [-0.2, -0.15) is 5.10 Å². The van der Waals surface area contributed by atoms with Gasteiger partial charge < -0.3 is 10.6 Å². The first-order chi connectivity index (χ1) is 12.1. The number of carbonyl (C=O) groups excluding carboxylic acids is 1. The number of aromatic nitrogens is 2. The van der Waals surface area contributed by atoms with Gasteiger partial charge in [0, 0.05) is 18.1 Å². The van der Waals surface area contributed by atoms with E-state index in [1.165, 1.54) is 24.9 Å². The molecular weight excluding hydrogens is 312 g/mol. The van der Waals surface area contributed by atoms with Crippen molar-refractivity contribution in [1.82, 2.24) is 14.7 Å². The van der Waals surface area contributed by atoms with Crippen molar-refractivity contribution in [3.63, 3.8) is 0 Å². The number of nitrogens with two attached hydrogens (primary N) is 1. The van der Waals surface area contributed by atoms with E-state index in [2.05, 4.69) is 41.3 Å². The molecule has 5 heteroatoms. The minimum atomic E-state index is -0.451. The van der Waals surface area contributed by atoms with Gasteiger partial charge in [-0.3, -0.25) is 4.79 Å². The summed E-state index contributed by atoms with van der Waals surface area (Å²) in [6.07, 6.45) is 4.44. The van der Waals surface area contributed by atoms with E-state index >= 15 is 0 Å². The van der Waals surface area contributed by atoms with Crippen LogP contribution in [0, 0.1) is 0 Å². The lowest BCUT2D eigenvalue weighted by Gasteiger charge is -2.30. The number of hydrogen-bond acceptors (Lipinski definition) is 3. The molecule has 5 nitrogen and oxygen atoms in total. The van der Waals surface area contributed by atoms with Crippen molar-refractivity contribution in [1.29, 1.82) is 0 Å². The molecular formula is C20H22N4O. The van der Waals surface area contributed by atoms with Crippen LogP contribution in [0.1, 0.15) is 34.7 Å². The maximum atomic E-state index is 11.6. The van der Waals surface area contributed by atoms with Crippen LogP contribution in [-0.4, -0.2) is 40.7 Å². The van der Waals surface area contributed by atoms with Crippen molar-refractivity contribution in [3.8, 4) is 5.69 Å². The highest BCUT2D eigenvalue weighted by Gasteiger charge is 2.19. The third kappa shape index (κ3) is 3.03. The number of likely N-dealkylation sites (tertiary alicyclic amines) is 1. The van der Waals surface area contributed by atoms with Crippen LogP contribution in [0.2, 0.25) is 0 Å². The van der Waals surface area contributed by atoms with E-state index in [9.17, 15) is 4.79 Å². The van der Waals surface area contributed by atoms with E-state index in [1.807, 2.05) is 23.0 Å². The molecule has 1 aliphatic rings. The molecule has 0 radical (unpaired) electrons. The van der Waals surface area contributed by atoms with Gasteiger partial charge in [0.25, 0.3) is 5.91 Å². The Hall–Kier alpha value is -2.66. The molecule has 4 rings (SSSR count). The lowest BCUT2D eigenvalue weighted by molar-refractivity contribution is 0.100. The number of piperidine rings is 1. The molecule has 1 amide bonds. The molecule has 0 spiro atoms. The molecule has 128 valence electrons. The highest BCUT2D eigenvalue weighted by molar-refractivity contribution is 6.04. The Balaban J connectivity index is 1.65. The zero-order chi connectivity index (χ0) is 17.4. The van der Waals surface area contributed by atoms with E-state index in [4.69, 9.17) is 5.73 Å². The number of hydrogen-bond donors (Lipinski definition) is 1. The van der Waals surface area contributed by atoms with Crippen LogP contribution in [0.25, 0.3) is 16.6 Å². The van der Waals surface area contributed by atoms with E-state index in [1.54, 1.807) is 6.07 Å². The Labute approximate surface area is 147 Å². The summed E-state index contributed by atoms with van der Waals surface area (Å²) in [6, 6.07) is 14.1. The fraction of sp³-hybridized carbons (Fsp3) is 0.300. The van der Waals surface area contributed by atoms with E-state index < -0.39 is 5.91 Å². The predicted molar refractivity (Wildman–Crippen MR) is 99.1 cm³/mol. The average Bonchev–Trinajstić information content (AvgIpc) is 3.06. The number of amides is 1. The Morgan fingerprint density at radius 3 is 2.72 bits per heavy atom. The van der Waals surface area contributed by atoms with Crippen LogP contribution in [0.15, 0.2) is 48.7 Å². The number of benzene rings is 2. The number of likely N-dealkylation sites (N-methyl/N-ethyl adjacent to an activating group) is 1. The van der Waals surface area contributed by atoms with Crippen molar-refractivity contribution in [3.05, 3.63) is 59.8 Å².